The highest BCUT2D eigenvalue weighted by molar-refractivity contribution is 9.10. The van der Waals surface area contributed by atoms with Gasteiger partial charge >= 0.3 is 0 Å². The molecule has 0 radical (unpaired) electrons. The molecule has 0 N–H and O–H groups in total. The molecule has 1 heterocycles. The topological polar surface area (TPSA) is 38.7 Å². The van der Waals surface area contributed by atoms with Gasteiger partial charge in [-0.05, 0) is 17.2 Å². The Morgan fingerprint density at radius 1 is 0.469 bits per heavy atom. The lowest BCUT2D eigenvalue weighted by Crippen LogP contribution is -2.05. The first-order valence-electron chi connectivity index (χ1n) is 10.4. The molecule has 152 valence electrons. The molecule has 0 atom stereocenters. The maximum absolute atomic E-state index is 4.84. The number of hydrogen-bond acceptors (Lipinski definition) is 3. The van der Waals surface area contributed by atoms with Crippen molar-refractivity contribution in [1.29, 1.82) is 0 Å². The molecular formula is C27H19BBrN3. The average molecular weight is 476 g/mol. The van der Waals surface area contributed by atoms with Gasteiger partial charge in [0.05, 0.1) is 0 Å². The Hall–Kier alpha value is -3.57. The van der Waals surface area contributed by atoms with E-state index in [1.807, 2.05) is 54.6 Å². The summed E-state index contributed by atoms with van der Waals surface area (Å²) in [4.78, 5) is 14.5. The van der Waals surface area contributed by atoms with Crippen LogP contribution in [0, 0.1) is 0 Å². The second-order valence-corrected chi connectivity index (χ2v) is 8.55. The normalized spacial score (nSPS) is 10.8. The van der Waals surface area contributed by atoms with Crippen LogP contribution in [0.1, 0.15) is 0 Å². The largest absolute Gasteiger partial charge is 0.208 e. The Morgan fingerprint density at radius 3 is 1.47 bits per heavy atom. The van der Waals surface area contributed by atoms with E-state index in [0.717, 1.165) is 32.2 Å². The molecule has 5 heteroatoms. The number of aromatic nitrogens is 3. The van der Waals surface area contributed by atoms with Crippen LogP contribution in [0.3, 0.4) is 0 Å². The minimum Gasteiger partial charge on any atom is -0.208 e. The molecule has 1 aromatic heterocycles. The van der Waals surface area contributed by atoms with Gasteiger partial charge in [-0.1, -0.05) is 118 Å². The first-order valence-corrected chi connectivity index (χ1v) is 11.2. The second-order valence-electron chi connectivity index (χ2n) is 7.63. The summed E-state index contributed by atoms with van der Waals surface area (Å²) in [7, 11) is 2.07. The van der Waals surface area contributed by atoms with Crippen LogP contribution < -0.4 is 5.46 Å². The predicted octanol–water partition coefficient (Wildman–Crippen LogP) is 5.56. The van der Waals surface area contributed by atoms with Crippen LogP contribution in [-0.2, 0) is 0 Å². The van der Waals surface area contributed by atoms with Crippen molar-refractivity contribution in [3.8, 4) is 45.3 Å². The molecule has 5 rings (SSSR count). The molecule has 0 saturated carbocycles. The van der Waals surface area contributed by atoms with Gasteiger partial charge in [0.2, 0.25) is 0 Å². The lowest BCUT2D eigenvalue weighted by atomic mass is 9.94. The van der Waals surface area contributed by atoms with Gasteiger partial charge in [-0.25, -0.2) is 15.0 Å². The zero-order valence-corrected chi connectivity index (χ0v) is 19.1. The van der Waals surface area contributed by atoms with E-state index in [2.05, 4.69) is 72.3 Å². The van der Waals surface area contributed by atoms with Crippen molar-refractivity contribution in [3.63, 3.8) is 0 Å². The van der Waals surface area contributed by atoms with Gasteiger partial charge in [-0.3, -0.25) is 0 Å². The molecule has 5 aromatic rings. The van der Waals surface area contributed by atoms with E-state index in [9.17, 15) is 0 Å². The molecule has 0 aliphatic heterocycles. The van der Waals surface area contributed by atoms with Crippen molar-refractivity contribution in [2.75, 3.05) is 0 Å². The van der Waals surface area contributed by atoms with Gasteiger partial charge < -0.3 is 0 Å². The third-order valence-corrected chi connectivity index (χ3v) is 5.68. The van der Waals surface area contributed by atoms with E-state index in [0.29, 0.717) is 17.5 Å². The Kier molecular flexibility index (Phi) is 5.65. The molecule has 0 spiro atoms. The van der Waals surface area contributed by atoms with Gasteiger partial charge in [-0.2, -0.15) is 0 Å². The highest BCUT2D eigenvalue weighted by Gasteiger charge is 2.13. The second kappa shape index (κ2) is 8.89. The van der Waals surface area contributed by atoms with Crippen LogP contribution in [-0.4, -0.2) is 22.8 Å². The van der Waals surface area contributed by atoms with Gasteiger partial charge in [0.25, 0.3) is 0 Å². The van der Waals surface area contributed by atoms with Gasteiger partial charge in [0.15, 0.2) is 17.5 Å². The summed E-state index contributed by atoms with van der Waals surface area (Å²) in [6, 6.07) is 34.9. The number of nitrogens with zero attached hydrogens (tertiary/aromatic N) is 3. The zero-order chi connectivity index (χ0) is 21.9. The van der Waals surface area contributed by atoms with Gasteiger partial charge in [0, 0.05) is 21.2 Å². The molecule has 4 aromatic carbocycles. The van der Waals surface area contributed by atoms with Crippen LogP contribution >= 0.6 is 15.9 Å². The summed E-state index contributed by atoms with van der Waals surface area (Å²) in [5, 5.41) is 0. The van der Waals surface area contributed by atoms with Crippen molar-refractivity contribution in [1.82, 2.24) is 15.0 Å². The molecule has 0 amide bonds. The van der Waals surface area contributed by atoms with Crippen molar-refractivity contribution in [3.05, 3.63) is 108 Å². The summed E-state index contributed by atoms with van der Waals surface area (Å²) >= 11 is 3.60. The quantitative estimate of drug-likeness (QED) is 0.319. The fraction of sp³-hybridized carbons (Fsp3) is 0. The van der Waals surface area contributed by atoms with E-state index in [1.54, 1.807) is 0 Å². The van der Waals surface area contributed by atoms with E-state index in [-0.39, 0.29) is 0 Å². The Labute approximate surface area is 196 Å². The fourth-order valence-electron chi connectivity index (χ4n) is 3.66. The molecule has 0 saturated heterocycles. The fourth-order valence-corrected chi connectivity index (χ4v) is 4.27. The molecule has 0 aliphatic rings. The standard InChI is InChI=1S/C27H19BBrN3/c28-23-15-22(16-24(29)17-23)27-31-25(20-9-5-2-6-10-20)30-26(32-27)21-13-11-19(12-14-21)18-7-3-1-4-8-18/h1-17H,28H2. The monoisotopic (exact) mass is 475 g/mol. The van der Waals surface area contributed by atoms with E-state index < -0.39 is 0 Å². The summed E-state index contributed by atoms with van der Waals surface area (Å²) < 4.78 is 1.00. The molecule has 0 bridgehead atoms. The summed E-state index contributed by atoms with van der Waals surface area (Å²) in [5.74, 6) is 1.98. The summed E-state index contributed by atoms with van der Waals surface area (Å²) in [6.07, 6.45) is 0. The Bertz CT molecular complexity index is 1350. The van der Waals surface area contributed by atoms with Crippen LogP contribution in [0.25, 0.3) is 45.3 Å². The lowest BCUT2D eigenvalue weighted by molar-refractivity contribution is 1.07. The molecule has 3 nitrogen and oxygen atoms in total. The van der Waals surface area contributed by atoms with Crippen molar-refractivity contribution in [2.45, 2.75) is 0 Å². The number of benzene rings is 4. The summed E-state index contributed by atoms with van der Waals surface area (Å²) in [6.45, 7) is 0. The first kappa shape index (κ1) is 20.3. The van der Waals surface area contributed by atoms with Crippen molar-refractivity contribution >= 4 is 29.2 Å². The zero-order valence-electron chi connectivity index (χ0n) is 17.5. The third kappa shape index (κ3) is 4.39. The SMILES string of the molecule is Bc1cc(Br)cc(-c2nc(-c3ccccc3)nc(-c3ccc(-c4ccccc4)cc3)n2)c1. The third-order valence-electron chi connectivity index (χ3n) is 5.22. The van der Waals surface area contributed by atoms with E-state index in [4.69, 9.17) is 15.0 Å². The van der Waals surface area contributed by atoms with Crippen LogP contribution in [0.4, 0.5) is 0 Å². The highest BCUT2D eigenvalue weighted by Crippen LogP contribution is 2.27. The first-order chi connectivity index (χ1) is 15.7. The van der Waals surface area contributed by atoms with Crippen LogP contribution in [0.5, 0.6) is 0 Å². The molecular weight excluding hydrogens is 457 g/mol. The lowest BCUT2D eigenvalue weighted by Gasteiger charge is -2.10. The number of rotatable bonds is 4. The van der Waals surface area contributed by atoms with Crippen LogP contribution in [0.2, 0.25) is 0 Å². The minimum absolute atomic E-state index is 0.658. The Morgan fingerprint density at radius 2 is 0.906 bits per heavy atom. The van der Waals surface area contributed by atoms with Crippen molar-refractivity contribution in [2.24, 2.45) is 0 Å². The average Bonchev–Trinajstić information content (AvgIpc) is 2.84. The highest BCUT2D eigenvalue weighted by atomic mass is 79.9. The number of hydrogen-bond donors (Lipinski definition) is 0. The maximum atomic E-state index is 4.84. The minimum atomic E-state index is 0.658. The van der Waals surface area contributed by atoms with E-state index >= 15 is 0 Å². The van der Waals surface area contributed by atoms with Crippen molar-refractivity contribution < 1.29 is 0 Å². The predicted molar refractivity (Wildman–Crippen MR) is 137 cm³/mol. The molecule has 0 unspecified atom stereocenters. The summed E-state index contributed by atoms with van der Waals surface area (Å²) in [5.41, 5.74) is 6.37. The molecule has 0 aliphatic carbocycles. The molecule has 0 fully saturated rings. The van der Waals surface area contributed by atoms with E-state index in [1.165, 1.54) is 5.56 Å². The smallest absolute Gasteiger partial charge is 0.164 e. The van der Waals surface area contributed by atoms with Gasteiger partial charge in [0.1, 0.15) is 7.85 Å². The molecule has 32 heavy (non-hydrogen) atoms. The number of halogens is 1. The maximum Gasteiger partial charge on any atom is 0.164 e. The van der Waals surface area contributed by atoms with Crippen LogP contribution in [0.15, 0.2) is 108 Å². The van der Waals surface area contributed by atoms with Gasteiger partial charge in [-0.15, -0.1) is 0 Å². The Balaban J connectivity index is 1.63.